The van der Waals surface area contributed by atoms with Crippen LogP contribution in [0.1, 0.15) is 44.4 Å². The third-order valence-corrected chi connectivity index (χ3v) is 6.85. The summed E-state index contributed by atoms with van der Waals surface area (Å²) in [5.74, 6) is 0.249. The molecule has 0 spiro atoms. The zero-order valence-corrected chi connectivity index (χ0v) is 17.6. The van der Waals surface area contributed by atoms with Crippen LogP contribution in [0.5, 0.6) is 0 Å². The fourth-order valence-corrected chi connectivity index (χ4v) is 5.37. The Morgan fingerprint density at radius 1 is 1.21 bits per heavy atom. The van der Waals surface area contributed by atoms with Crippen molar-refractivity contribution in [2.45, 2.75) is 63.2 Å². The van der Waals surface area contributed by atoms with E-state index in [1.807, 2.05) is 34.9 Å². The summed E-state index contributed by atoms with van der Waals surface area (Å²) in [6, 6.07) is 9.37. The van der Waals surface area contributed by atoms with Crippen LogP contribution in [0, 0.1) is 5.92 Å². The Balaban J connectivity index is 1.89. The maximum atomic E-state index is 13.1. The second-order valence-corrected chi connectivity index (χ2v) is 9.97. The number of likely N-dealkylation sites (tertiary alicyclic amines) is 1. The molecule has 1 fully saturated rings. The van der Waals surface area contributed by atoms with E-state index in [0.717, 1.165) is 37.1 Å². The molecule has 3 rings (SSSR count). The second kappa shape index (κ2) is 9.20. The summed E-state index contributed by atoms with van der Waals surface area (Å²) >= 11 is 0. The zero-order valence-electron chi connectivity index (χ0n) is 16.8. The number of hydrogen-bond donors (Lipinski definition) is 1. The molecule has 1 atom stereocenters. The molecular weight excluding hydrogens is 374 g/mol. The van der Waals surface area contributed by atoms with Crippen molar-refractivity contribution in [1.29, 1.82) is 0 Å². The van der Waals surface area contributed by atoms with Gasteiger partial charge in [0, 0.05) is 19.1 Å². The number of piperidine rings is 1. The Morgan fingerprint density at radius 3 is 2.64 bits per heavy atom. The highest BCUT2D eigenvalue weighted by molar-refractivity contribution is 7.90. The van der Waals surface area contributed by atoms with Crippen LogP contribution in [0.2, 0.25) is 0 Å². The normalized spacial score (nSPS) is 18.6. The fraction of sp³-hybridized carbons (Fsp3) is 0.571. The van der Waals surface area contributed by atoms with Gasteiger partial charge in [-0.05, 0) is 30.9 Å². The van der Waals surface area contributed by atoms with E-state index < -0.39 is 9.84 Å². The molecule has 2 aromatic rings. The third-order valence-electron chi connectivity index (χ3n) is 5.25. The van der Waals surface area contributed by atoms with Gasteiger partial charge in [-0.1, -0.05) is 50.6 Å². The van der Waals surface area contributed by atoms with Crippen LogP contribution < -0.4 is 0 Å². The first kappa shape index (κ1) is 21.0. The predicted molar refractivity (Wildman–Crippen MR) is 110 cm³/mol. The first-order chi connectivity index (χ1) is 13.4. The van der Waals surface area contributed by atoms with E-state index in [1.165, 1.54) is 0 Å². The van der Waals surface area contributed by atoms with Gasteiger partial charge >= 0.3 is 0 Å². The lowest BCUT2D eigenvalue weighted by atomic mass is 10.0. The molecule has 0 bridgehead atoms. The first-order valence-corrected chi connectivity index (χ1v) is 11.7. The average Bonchev–Trinajstić information content (AvgIpc) is 3.05. The highest BCUT2D eigenvalue weighted by atomic mass is 32.2. The van der Waals surface area contributed by atoms with Crippen molar-refractivity contribution in [3.8, 4) is 0 Å². The predicted octanol–water partition coefficient (Wildman–Crippen LogP) is 2.86. The summed E-state index contributed by atoms with van der Waals surface area (Å²) < 4.78 is 28.1. The standard InChI is InChI=1S/C21H31N3O3S/c1-17(2)13-24-20(14-23-11-7-6-10-19(23)15-25)12-22-21(24)28(26,27)16-18-8-4-3-5-9-18/h3-5,8-9,12,17,19,25H,6-7,10-11,13-16H2,1-2H3. The largest absolute Gasteiger partial charge is 0.395 e. The van der Waals surface area contributed by atoms with Crippen molar-refractivity contribution < 1.29 is 13.5 Å². The lowest BCUT2D eigenvalue weighted by Crippen LogP contribution is -2.41. The van der Waals surface area contributed by atoms with Crippen LogP contribution in [-0.2, 0) is 28.7 Å². The Kier molecular flexibility index (Phi) is 6.91. The number of sulfone groups is 1. The highest BCUT2D eigenvalue weighted by Gasteiger charge is 2.27. The topological polar surface area (TPSA) is 75.4 Å². The molecule has 1 unspecified atom stereocenters. The summed E-state index contributed by atoms with van der Waals surface area (Å²) in [5, 5.41) is 9.84. The average molecular weight is 406 g/mol. The minimum atomic E-state index is -3.54. The molecule has 1 N–H and O–H groups in total. The lowest BCUT2D eigenvalue weighted by Gasteiger charge is -2.34. The van der Waals surface area contributed by atoms with Crippen molar-refractivity contribution in [3.63, 3.8) is 0 Å². The van der Waals surface area contributed by atoms with Gasteiger partial charge in [-0.25, -0.2) is 13.4 Å². The summed E-state index contributed by atoms with van der Waals surface area (Å²) in [5.41, 5.74) is 1.67. The van der Waals surface area contributed by atoms with Gasteiger partial charge in [0.15, 0.2) is 0 Å². The van der Waals surface area contributed by atoms with E-state index in [4.69, 9.17) is 0 Å². The number of aromatic nitrogens is 2. The van der Waals surface area contributed by atoms with Crippen LogP contribution in [0.25, 0.3) is 0 Å². The van der Waals surface area contributed by atoms with Gasteiger partial charge in [0.05, 0.1) is 24.3 Å². The monoisotopic (exact) mass is 405 g/mol. The van der Waals surface area contributed by atoms with Crippen LogP contribution in [0.4, 0.5) is 0 Å². The first-order valence-electron chi connectivity index (χ1n) is 10.1. The molecule has 0 aliphatic carbocycles. The molecule has 2 heterocycles. The molecule has 1 aliphatic rings. The molecule has 1 aromatic heterocycles. The van der Waals surface area contributed by atoms with Crippen LogP contribution in [0.3, 0.4) is 0 Å². The van der Waals surface area contributed by atoms with Gasteiger partial charge < -0.3 is 9.67 Å². The van der Waals surface area contributed by atoms with Crippen LogP contribution in [0.15, 0.2) is 41.7 Å². The minimum absolute atomic E-state index is 0.0502. The molecule has 6 nitrogen and oxygen atoms in total. The number of aliphatic hydroxyl groups is 1. The van der Waals surface area contributed by atoms with Gasteiger partial charge in [-0.3, -0.25) is 4.90 Å². The number of nitrogens with zero attached hydrogens (tertiary/aromatic N) is 3. The highest BCUT2D eigenvalue weighted by Crippen LogP contribution is 2.23. The van der Waals surface area contributed by atoms with Crippen molar-refractivity contribution in [1.82, 2.24) is 14.5 Å². The van der Waals surface area contributed by atoms with E-state index in [0.29, 0.717) is 19.0 Å². The van der Waals surface area contributed by atoms with Crippen molar-refractivity contribution in [2.75, 3.05) is 13.2 Å². The molecule has 0 radical (unpaired) electrons. The Hall–Kier alpha value is -1.70. The number of aliphatic hydroxyl groups excluding tert-OH is 1. The molecule has 0 amide bonds. The lowest BCUT2D eigenvalue weighted by molar-refractivity contribution is 0.0817. The third kappa shape index (κ3) is 5.01. The van der Waals surface area contributed by atoms with Crippen molar-refractivity contribution in [3.05, 3.63) is 47.8 Å². The van der Waals surface area contributed by atoms with Crippen molar-refractivity contribution in [2.24, 2.45) is 5.92 Å². The van der Waals surface area contributed by atoms with E-state index in [9.17, 15) is 13.5 Å². The zero-order chi connectivity index (χ0) is 20.1. The van der Waals surface area contributed by atoms with Crippen molar-refractivity contribution >= 4 is 9.84 Å². The maximum Gasteiger partial charge on any atom is 0.228 e. The minimum Gasteiger partial charge on any atom is -0.395 e. The van der Waals surface area contributed by atoms with Gasteiger partial charge in [-0.2, -0.15) is 0 Å². The quantitative estimate of drug-likeness (QED) is 0.731. The fourth-order valence-electron chi connectivity index (χ4n) is 3.87. The Bertz CT molecular complexity index is 862. The molecule has 154 valence electrons. The Labute approximate surface area is 168 Å². The van der Waals surface area contributed by atoms with Crippen LogP contribution >= 0.6 is 0 Å². The number of hydrogen-bond acceptors (Lipinski definition) is 5. The van der Waals surface area contributed by atoms with Crippen LogP contribution in [-0.4, -0.2) is 47.2 Å². The molecule has 0 saturated carbocycles. The number of imidazole rings is 1. The maximum absolute atomic E-state index is 13.1. The van der Waals surface area contributed by atoms with Gasteiger partial charge in [0.2, 0.25) is 15.0 Å². The summed E-state index contributed by atoms with van der Waals surface area (Å²) in [6.45, 7) is 6.44. The van der Waals surface area contributed by atoms with E-state index in [1.54, 1.807) is 6.20 Å². The van der Waals surface area contributed by atoms with Gasteiger partial charge in [-0.15, -0.1) is 0 Å². The Morgan fingerprint density at radius 2 is 1.96 bits per heavy atom. The summed E-state index contributed by atoms with van der Waals surface area (Å²) in [6.07, 6.45) is 4.91. The van der Waals surface area contributed by atoms with E-state index in [2.05, 4.69) is 23.7 Å². The SMILES string of the molecule is CC(C)Cn1c(CN2CCCCC2CO)cnc1S(=O)(=O)Cc1ccccc1. The van der Waals surface area contributed by atoms with Gasteiger partial charge in [0.25, 0.3) is 0 Å². The second-order valence-electron chi connectivity index (χ2n) is 8.08. The summed E-state index contributed by atoms with van der Waals surface area (Å²) in [7, 11) is -3.54. The summed E-state index contributed by atoms with van der Waals surface area (Å²) in [4.78, 5) is 6.59. The molecule has 28 heavy (non-hydrogen) atoms. The molecular formula is C21H31N3O3S. The van der Waals surface area contributed by atoms with E-state index >= 15 is 0 Å². The number of benzene rings is 1. The number of rotatable bonds is 8. The molecule has 1 aliphatic heterocycles. The molecule has 7 heteroatoms. The van der Waals surface area contributed by atoms with E-state index in [-0.39, 0.29) is 23.6 Å². The molecule has 1 aromatic carbocycles. The van der Waals surface area contributed by atoms with Gasteiger partial charge in [0.1, 0.15) is 0 Å². The smallest absolute Gasteiger partial charge is 0.228 e. The molecule has 1 saturated heterocycles.